The van der Waals surface area contributed by atoms with E-state index in [1.54, 1.807) is 36.6 Å². The Morgan fingerprint density at radius 3 is 2.21 bits per heavy atom. The van der Waals surface area contributed by atoms with Crippen LogP contribution < -0.4 is 0 Å². The van der Waals surface area contributed by atoms with Crippen molar-refractivity contribution in [3.8, 4) is 0 Å². The first-order chi connectivity index (χ1) is 9.07. The number of carbonyl (C=O) groups excluding carboxylic acids is 1. The number of carbonyl (C=O) groups is 1. The van der Waals surface area contributed by atoms with Crippen molar-refractivity contribution in [2.45, 2.75) is 10.8 Å². The smallest absolute Gasteiger partial charge is 0.287 e. The fraction of sp³-hybridized carbons (Fsp3) is 0.133. The van der Waals surface area contributed by atoms with Gasteiger partial charge in [-0.2, -0.15) is 8.78 Å². The lowest BCUT2D eigenvalue weighted by atomic mass is 9.99. The van der Waals surface area contributed by atoms with Crippen LogP contribution in [0.5, 0.6) is 0 Å². The summed E-state index contributed by atoms with van der Waals surface area (Å²) in [6.07, 6.45) is 1.71. The van der Waals surface area contributed by atoms with Gasteiger partial charge in [-0.3, -0.25) is 4.79 Å². The molecule has 0 fully saturated rings. The van der Waals surface area contributed by atoms with Crippen LogP contribution in [-0.2, 0) is 5.92 Å². The van der Waals surface area contributed by atoms with Crippen molar-refractivity contribution in [3.63, 3.8) is 0 Å². The lowest BCUT2D eigenvalue weighted by Gasteiger charge is -2.18. The predicted molar refractivity (Wildman–Crippen MR) is 72.9 cm³/mol. The zero-order chi connectivity index (χ0) is 13.9. The molecule has 2 rings (SSSR count). The van der Waals surface area contributed by atoms with Gasteiger partial charge >= 0.3 is 5.92 Å². The van der Waals surface area contributed by atoms with Gasteiger partial charge in [0.25, 0.3) is 0 Å². The van der Waals surface area contributed by atoms with Crippen molar-refractivity contribution in [3.05, 3.63) is 65.7 Å². The predicted octanol–water partition coefficient (Wildman–Crippen LogP) is 4.38. The molecule has 0 amide bonds. The van der Waals surface area contributed by atoms with Crippen LogP contribution in [0.15, 0.2) is 59.5 Å². The van der Waals surface area contributed by atoms with Gasteiger partial charge in [0, 0.05) is 16.0 Å². The third-order valence-corrected chi connectivity index (χ3v) is 3.56. The van der Waals surface area contributed by atoms with E-state index in [0.29, 0.717) is 4.90 Å². The van der Waals surface area contributed by atoms with Gasteiger partial charge in [-0.1, -0.05) is 48.5 Å². The second kappa shape index (κ2) is 5.53. The molecule has 2 aromatic carbocycles. The molecule has 19 heavy (non-hydrogen) atoms. The summed E-state index contributed by atoms with van der Waals surface area (Å²) in [7, 11) is 0. The number of Topliss-reactive ketones (excluding diaryl/α,β-unsaturated/α-hetero) is 1. The number of ketones is 1. The van der Waals surface area contributed by atoms with Crippen molar-refractivity contribution in [1.82, 2.24) is 0 Å². The van der Waals surface area contributed by atoms with Gasteiger partial charge in [0.1, 0.15) is 0 Å². The van der Waals surface area contributed by atoms with Gasteiger partial charge in [-0.05, 0) is 12.3 Å². The van der Waals surface area contributed by atoms with E-state index in [1.807, 2.05) is 0 Å². The summed E-state index contributed by atoms with van der Waals surface area (Å²) >= 11 is 1.20. The van der Waals surface area contributed by atoms with E-state index in [-0.39, 0.29) is 11.1 Å². The number of alkyl halides is 2. The Bertz CT molecular complexity index is 582. The van der Waals surface area contributed by atoms with Gasteiger partial charge in [0.2, 0.25) is 5.78 Å². The van der Waals surface area contributed by atoms with Gasteiger partial charge in [0.05, 0.1) is 0 Å². The maximum Gasteiger partial charge on any atom is 0.336 e. The Labute approximate surface area is 114 Å². The fourth-order valence-corrected chi connectivity index (χ4v) is 2.43. The van der Waals surface area contributed by atoms with Crippen LogP contribution in [0.4, 0.5) is 8.78 Å². The van der Waals surface area contributed by atoms with E-state index in [0.717, 1.165) is 0 Å². The molecule has 0 spiro atoms. The Morgan fingerprint density at radius 1 is 1.00 bits per heavy atom. The number of halogens is 2. The van der Waals surface area contributed by atoms with Crippen molar-refractivity contribution < 1.29 is 13.6 Å². The largest absolute Gasteiger partial charge is 0.336 e. The van der Waals surface area contributed by atoms with Crippen LogP contribution in [0.3, 0.4) is 0 Å². The number of hydrogen-bond donors (Lipinski definition) is 0. The first-order valence-corrected chi connectivity index (χ1v) is 6.91. The van der Waals surface area contributed by atoms with Crippen molar-refractivity contribution in [2.24, 2.45) is 0 Å². The van der Waals surface area contributed by atoms with Gasteiger partial charge < -0.3 is 0 Å². The Kier molecular flexibility index (Phi) is 4.00. The summed E-state index contributed by atoms with van der Waals surface area (Å²) < 4.78 is 28.6. The molecule has 0 saturated heterocycles. The molecule has 2 aromatic rings. The molecule has 4 heteroatoms. The average molecular weight is 278 g/mol. The van der Waals surface area contributed by atoms with Crippen LogP contribution in [0, 0.1) is 0 Å². The zero-order valence-corrected chi connectivity index (χ0v) is 11.1. The number of benzene rings is 2. The van der Waals surface area contributed by atoms with Crippen LogP contribution in [0.2, 0.25) is 0 Å². The third-order valence-electron chi connectivity index (χ3n) is 2.77. The molecule has 0 aliphatic rings. The van der Waals surface area contributed by atoms with Gasteiger partial charge in [0.15, 0.2) is 0 Å². The quantitative estimate of drug-likeness (QED) is 0.609. The lowest BCUT2D eigenvalue weighted by Crippen LogP contribution is -2.26. The standard InChI is InChI=1S/C15H12F2OS/c1-19-13-10-6-5-9-12(13)15(16,17)14(18)11-7-3-2-4-8-11/h2-10H,1H3. The minimum atomic E-state index is -3.51. The van der Waals surface area contributed by atoms with E-state index in [1.165, 1.54) is 36.0 Å². The summed E-state index contributed by atoms with van der Waals surface area (Å²) in [6.45, 7) is 0. The van der Waals surface area contributed by atoms with Crippen LogP contribution in [0.1, 0.15) is 15.9 Å². The Balaban J connectivity index is 2.45. The van der Waals surface area contributed by atoms with Crippen LogP contribution in [0.25, 0.3) is 0 Å². The number of thioether (sulfide) groups is 1. The molecule has 0 N–H and O–H groups in total. The molecule has 0 heterocycles. The topological polar surface area (TPSA) is 17.1 Å². The molecule has 0 aliphatic carbocycles. The summed E-state index contributed by atoms with van der Waals surface area (Å²) in [4.78, 5) is 12.4. The first kappa shape index (κ1) is 13.7. The van der Waals surface area contributed by atoms with Crippen molar-refractivity contribution >= 4 is 17.5 Å². The molecule has 0 radical (unpaired) electrons. The minimum absolute atomic E-state index is 0.0170. The highest BCUT2D eigenvalue weighted by molar-refractivity contribution is 7.98. The SMILES string of the molecule is CSc1ccccc1C(F)(F)C(=O)c1ccccc1. The molecule has 0 unspecified atom stereocenters. The van der Waals surface area contributed by atoms with E-state index in [4.69, 9.17) is 0 Å². The second-order valence-electron chi connectivity index (χ2n) is 3.97. The van der Waals surface area contributed by atoms with E-state index in [9.17, 15) is 13.6 Å². The molecule has 0 saturated carbocycles. The average Bonchev–Trinajstić information content (AvgIpc) is 2.47. The molecular weight excluding hydrogens is 266 g/mol. The number of rotatable bonds is 4. The normalized spacial score (nSPS) is 11.3. The van der Waals surface area contributed by atoms with Gasteiger partial charge in [-0.25, -0.2) is 0 Å². The van der Waals surface area contributed by atoms with E-state index in [2.05, 4.69) is 0 Å². The summed E-state index contributed by atoms with van der Waals surface area (Å²) in [6, 6.07) is 13.7. The van der Waals surface area contributed by atoms with E-state index >= 15 is 0 Å². The zero-order valence-electron chi connectivity index (χ0n) is 10.3. The van der Waals surface area contributed by atoms with Crippen molar-refractivity contribution in [1.29, 1.82) is 0 Å². The molecule has 0 aliphatic heterocycles. The van der Waals surface area contributed by atoms with Crippen molar-refractivity contribution in [2.75, 3.05) is 6.26 Å². The van der Waals surface area contributed by atoms with Crippen LogP contribution in [-0.4, -0.2) is 12.0 Å². The monoisotopic (exact) mass is 278 g/mol. The van der Waals surface area contributed by atoms with Crippen LogP contribution >= 0.6 is 11.8 Å². The van der Waals surface area contributed by atoms with Gasteiger partial charge in [-0.15, -0.1) is 11.8 Å². The fourth-order valence-electron chi connectivity index (χ4n) is 1.80. The third kappa shape index (κ3) is 2.68. The maximum atomic E-state index is 14.3. The first-order valence-electron chi connectivity index (χ1n) is 5.68. The highest BCUT2D eigenvalue weighted by atomic mass is 32.2. The Morgan fingerprint density at radius 2 is 1.58 bits per heavy atom. The Hall–Kier alpha value is -1.68. The molecule has 0 aromatic heterocycles. The molecule has 0 bridgehead atoms. The number of hydrogen-bond acceptors (Lipinski definition) is 2. The highest BCUT2D eigenvalue weighted by Crippen LogP contribution is 2.37. The molecule has 98 valence electrons. The molecule has 0 atom stereocenters. The summed E-state index contributed by atoms with van der Waals surface area (Å²) in [5, 5.41) is 0. The summed E-state index contributed by atoms with van der Waals surface area (Å²) in [5.74, 6) is -4.68. The maximum absolute atomic E-state index is 14.3. The lowest BCUT2D eigenvalue weighted by molar-refractivity contribution is 0.00578. The summed E-state index contributed by atoms with van der Waals surface area (Å²) in [5.41, 5.74) is -0.222. The molecular formula is C15H12F2OS. The minimum Gasteiger partial charge on any atom is -0.287 e. The van der Waals surface area contributed by atoms with E-state index < -0.39 is 11.7 Å². The molecule has 1 nitrogen and oxygen atoms in total. The highest BCUT2D eigenvalue weighted by Gasteiger charge is 2.42. The second-order valence-corrected chi connectivity index (χ2v) is 4.82.